The van der Waals surface area contributed by atoms with E-state index in [4.69, 9.17) is 4.74 Å². The van der Waals surface area contributed by atoms with Crippen molar-refractivity contribution in [3.63, 3.8) is 0 Å². The van der Waals surface area contributed by atoms with Crippen molar-refractivity contribution in [2.24, 2.45) is 5.92 Å². The topological polar surface area (TPSA) is 88.1 Å². The summed E-state index contributed by atoms with van der Waals surface area (Å²) in [6, 6.07) is 6.01. The molecule has 0 atom stereocenters. The molecule has 0 N–H and O–H groups in total. The van der Waals surface area contributed by atoms with Gasteiger partial charge in [0, 0.05) is 30.9 Å². The maximum absolute atomic E-state index is 14.0. The highest BCUT2D eigenvalue weighted by Gasteiger charge is 2.35. The second-order valence-corrected chi connectivity index (χ2v) is 11.0. The van der Waals surface area contributed by atoms with E-state index in [0.717, 1.165) is 4.57 Å². The highest BCUT2D eigenvalue weighted by molar-refractivity contribution is 7.21. The predicted molar refractivity (Wildman–Crippen MR) is 143 cm³/mol. The number of fused-ring (bicyclic) bond motifs is 1. The van der Waals surface area contributed by atoms with Crippen molar-refractivity contribution in [1.82, 2.24) is 18.9 Å². The van der Waals surface area contributed by atoms with E-state index in [1.165, 1.54) is 35.1 Å². The molecule has 37 heavy (non-hydrogen) atoms. The number of nitrogens with zero attached hydrogens (tertiary/aromatic N) is 4. The molecule has 1 aromatic carbocycles. The van der Waals surface area contributed by atoms with Gasteiger partial charge in [0.25, 0.3) is 5.56 Å². The number of carbonyl (C=O) groups excluding carboxylic acids is 1. The van der Waals surface area contributed by atoms with E-state index in [0.29, 0.717) is 32.1 Å². The number of benzene rings is 1. The quantitative estimate of drug-likeness (QED) is 0.321. The monoisotopic (exact) mass is 526 g/mol. The fourth-order valence-corrected chi connectivity index (χ4v) is 5.81. The number of hydrogen-bond acceptors (Lipinski definition) is 6. The lowest BCUT2D eigenvalue weighted by Crippen LogP contribution is -2.52. The van der Waals surface area contributed by atoms with Gasteiger partial charge in [-0.15, -0.1) is 0 Å². The first-order chi connectivity index (χ1) is 17.5. The zero-order chi connectivity index (χ0) is 27.1. The maximum Gasteiger partial charge on any atom is 0.332 e. The summed E-state index contributed by atoms with van der Waals surface area (Å²) in [6.07, 6.45) is 3.92. The largest absolute Gasteiger partial charge is 0.496 e. The summed E-state index contributed by atoms with van der Waals surface area (Å²) in [5, 5.41) is 5.37. The number of carbonyl (C=O) groups is 1. The van der Waals surface area contributed by atoms with E-state index in [1.807, 2.05) is 20.8 Å². The van der Waals surface area contributed by atoms with Gasteiger partial charge in [0.05, 0.1) is 12.5 Å². The van der Waals surface area contributed by atoms with Gasteiger partial charge in [0.2, 0.25) is 0 Å². The molecule has 4 aromatic rings. The molecule has 0 saturated carbocycles. The second kappa shape index (κ2) is 10.1. The first kappa shape index (κ1) is 26.5. The molecule has 8 nitrogen and oxygen atoms in total. The van der Waals surface area contributed by atoms with Crippen molar-refractivity contribution in [3.8, 4) is 10.8 Å². The molecular weight excluding hydrogens is 495 g/mol. The van der Waals surface area contributed by atoms with E-state index in [1.54, 1.807) is 43.1 Å². The first-order valence-corrected chi connectivity index (χ1v) is 12.9. The predicted octanol–water partition coefficient (Wildman–Crippen LogP) is 4.46. The van der Waals surface area contributed by atoms with Crippen LogP contribution in [0.15, 0.2) is 46.2 Å². The van der Waals surface area contributed by atoms with E-state index in [2.05, 4.69) is 5.10 Å². The van der Waals surface area contributed by atoms with E-state index >= 15 is 0 Å². The molecular formula is C27H31FN4O4S. The number of ketones is 1. The van der Waals surface area contributed by atoms with Gasteiger partial charge in [0.15, 0.2) is 5.78 Å². The van der Waals surface area contributed by atoms with Crippen molar-refractivity contribution >= 4 is 27.3 Å². The number of ether oxygens (including phenoxy) is 1. The normalized spacial score (nSPS) is 12.0. The van der Waals surface area contributed by atoms with Gasteiger partial charge in [-0.05, 0) is 62.9 Å². The number of rotatable bonds is 9. The van der Waals surface area contributed by atoms with Crippen LogP contribution in [0.3, 0.4) is 0 Å². The van der Waals surface area contributed by atoms with Crippen LogP contribution in [0.5, 0.6) is 5.75 Å². The smallest absolute Gasteiger partial charge is 0.332 e. The maximum atomic E-state index is 14.0. The lowest BCUT2D eigenvalue weighted by atomic mass is 9.91. The summed E-state index contributed by atoms with van der Waals surface area (Å²) in [4.78, 5) is 41.5. The Morgan fingerprint density at radius 3 is 2.59 bits per heavy atom. The van der Waals surface area contributed by atoms with Crippen LogP contribution in [-0.4, -0.2) is 31.8 Å². The SMILES string of the molecule is COc1ccc(F)cc1CCn1c(=O)n(C(C)(C)C(=O)CC(C)C)c(=O)c2c(C)c(-n3cccn3)sc21. The average Bonchev–Trinajstić information content (AvgIpc) is 3.46. The Hall–Kier alpha value is -3.53. The molecule has 10 heteroatoms. The number of aryl methyl sites for hydroxylation is 3. The van der Waals surface area contributed by atoms with Gasteiger partial charge >= 0.3 is 5.69 Å². The lowest BCUT2D eigenvalue weighted by Gasteiger charge is -2.27. The molecule has 3 aromatic heterocycles. The lowest BCUT2D eigenvalue weighted by molar-refractivity contribution is -0.127. The second-order valence-electron chi connectivity index (χ2n) is 10.0. The minimum absolute atomic E-state index is 0.0724. The highest BCUT2D eigenvalue weighted by Crippen LogP contribution is 2.32. The Morgan fingerprint density at radius 1 is 1.24 bits per heavy atom. The molecule has 0 aliphatic heterocycles. The zero-order valence-corrected chi connectivity index (χ0v) is 22.7. The average molecular weight is 527 g/mol. The number of thiophene rings is 1. The summed E-state index contributed by atoms with van der Waals surface area (Å²) >= 11 is 1.28. The van der Waals surface area contributed by atoms with Crippen LogP contribution in [0.1, 0.15) is 45.2 Å². The molecule has 0 amide bonds. The van der Waals surface area contributed by atoms with Gasteiger partial charge < -0.3 is 4.74 Å². The molecule has 4 rings (SSSR count). The van der Waals surface area contributed by atoms with Crippen molar-refractivity contribution < 1.29 is 13.9 Å². The van der Waals surface area contributed by atoms with Crippen LogP contribution in [-0.2, 0) is 23.3 Å². The van der Waals surface area contributed by atoms with Gasteiger partial charge in [-0.1, -0.05) is 25.2 Å². The Balaban J connectivity index is 1.97. The van der Waals surface area contributed by atoms with E-state index < -0.39 is 22.6 Å². The fraction of sp³-hybridized carbons (Fsp3) is 0.407. The molecule has 0 unspecified atom stereocenters. The molecule has 196 valence electrons. The van der Waals surface area contributed by atoms with Crippen molar-refractivity contribution in [1.29, 1.82) is 0 Å². The van der Waals surface area contributed by atoms with Crippen LogP contribution < -0.4 is 16.0 Å². The van der Waals surface area contributed by atoms with E-state index in [9.17, 15) is 18.8 Å². The standard InChI is InChI=1S/C27H31FN4O4S/c1-16(2)14-21(33)27(4,5)32-23(34)22-17(3)24(31-12-7-11-29-31)37-25(22)30(26(32)35)13-10-18-15-19(28)8-9-20(18)36-6/h7-9,11-12,15-16H,10,13-14H2,1-6H3. The number of Topliss-reactive ketones (excluding diaryl/α,β-unsaturated/α-hetero) is 1. The number of methoxy groups -OCH3 is 1. The van der Waals surface area contributed by atoms with Crippen molar-refractivity contribution in [2.75, 3.05) is 7.11 Å². The highest BCUT2D eigenvalue weighted by atomic mass is 32.1. The van der Waals surface area contributed by atoms with Crippen molar-refractivity contribution in [2.45, 2.75) is 59.5 Å². The molecule has 0 bridgehead atoms. The molecule has 0 aliphatic carbocycles. The fourth-order valence-electron chi connectivity index (χ4n) is 4.55. The first-order valence-electron chi connectivity index (χ1n) is 12.1. The van der Waals surface area contributed by atoms with E-state index in [-0.39, 0.29) is 31.1 Å². The summed E-state index contributed by atoms with van der Waals surface area (Å²) in [7, 11) is 1.50. The van der Waals surface area contributed by atoms with Gasteiger partial charge in [0.1, 0.15) is 26.9 Å². The summed E-state index contributed by atoms with van der Waals surface area (Å²) in [5.41, 5.74) is -1.18. The van der Waals surface area contributed by atoms with Crippen LogP contribution in [0.4, 0.5) is 4.39 Å². The van der Waals surface area contributed by atoms with Crippen molar-refractivity contribution in [3.05, 3.63) is 74.4 Å². The molecule has 0 aliphatic rings. The Bertz CT molecular complexity index is 1580. The minimum atomic E-state index is -1.36. The minimum Gasteiger partial charge on any atom is -0.496 e. The molecule has 3 heterocycles. The molecule has 0 radical (unpaired) electrons. The van der Waals surface area contributed by atoms with Crippen LogP contribution in [0, 0.1) is 18.7 Å². The molecule has 0 saturated heterocycles. The Morgan fingerprint density at radius 2 is 1.97 bits per heavy atom. The zero-order valence-electron chi connectivity index (χ0n) is 21.9. The number of halogens is 1. The molecule has 0 spiro atoms. The van der Waals surface area contributed by atoms with Crippen LogP contribution in [0.2, 0.25) is 0 Å². The van der Waals surface area contributed by atoms with Gasteiger partial charge in [-0.3, -0.25) is 14.2 Å². The van der Waals surface area contributed by atoms with Gasteiger partial charge in [-0.25, -0.2) is 18.4 Å². The summed E-state index contributed by atoms with van der Waals surface area (Å²) in [5.74, 6) is -0.0274. The summed E-state index contributed by atoms with van der Waals surface area (Å²) in [6.45, 7) is 9.04. The number of aromatic nitrogens is 4. The molecule has 0 fully saturated rings. The summed E-state index contributed by atoms with van der Waals surface area (Å²) < 4.78 is 23.6. The van der Waals surface area contributed by atoms with Crippen LogP contribution in [0.25, 0.3) is 15.2 Å². The Kier molecular flexibility index (Phi) is 7.23. The van der Waals surface area contributed by atoms with Crippen LogP contribution >= 0.6 is 11.3 Å². The Labute approximate surface area is 217 Å². The van der Waals surface area contributed by atoms with Gasteiger partial charge in [-0.2, -0.15) is 5.10 Å². The third-order valence-electron chi connectivity index (χ3n) is 6.58. The third-order valence-corrected chi connectivity index (χ3v) is 7.89. The number of hydrogen-bond donors (Lipinski definition) is 0. The third kappa shape index (κ3) is 4.77.